The summed E-state index contributed by atoms with van der Waals surface area (Å²) >= 11 is 3.48. The Hall–Kier alpha value is -0.340. The number of halogens is 1. The van der Waals surface area contributed by atoms with Gasteiger partial charge in [-0.1, -0.05) is 54.8 Å². The van der Waals surface area contributed by atoms with Crippen molar-refractivity contribution in [3.8, 4) is 0 Å². The maximum atomic E-state index is 3.62. The predicted molar refractivity (Wildman–Crippen MR) is 74.7 cm³/mol. The Morgan fingerprint density at radius 1 is 1.12 bits per heavy atom. The first-order valence-corrected chi connectivity index (χ1v) is 7.06. The molecule has 0 aliphatic carbocycles. The Morgan fingerprint density at radius 2 is 1.81 bits per heavy atom. The average Bonchev–Trinajstić information content (AvgIpc) is 2.31. The lowest BCUT2D eigenvalue weighted by molar-refractivity contribution is 0.481. The van der Waals surface area contributed by atoms with Gasteiger partial charge in [0.05, 0.1) is 0 Å². The van der Waals surface area contributed by atoms with Crippen molar-refractivity contribution in [3.63, 3.8) is 0 Å². The zero-order valence-electron chi connectivity index (χ0n) is 10.3. The summed E-state index contributed by atoms with van der Waals surface area (Å²) in [5.41, 5.74) is 1.41. The first-order valence-electron chi connectivity index (χ1n) is 6.26. The van der Waals surface area contributed by atoms with Crippen molar-refractivity contribution in [2.45, 2.75) is 45.6 Å². The second kappa shape index (κ2) is 7.86. The Kier molecular flexibility index (Phi) is 6.74. The number of hydrogen-bond acceptors (Lipinski definition) is 1. The summed E-state index contributed by atoms with van der Waals surface area (Å²) in [4.78, 5) is 0. The predicted octanol–water partition coefficient (Wildman–Crippen LogP) is 4.68. The molecule has 0 amide bonds. The Morgan fingerprint density at radius 3 is 2.38 bits per heavy atom. The summed E-state index contributed by atoms with van der Waals surface area (Å²) in [5.74, 6) is 0. The molecule has 0 bridgehead atoms. The number of benzene rings is 1. The zero-order chi connectivity index (χ0) is 11.8. The van der Waals surface area contributed by atoms with Crippen LogP contribution in [0.3, 0.4) is 0 Å². The van der Waals surface area contributed by atoms with E-state index in [0.29, 0.717) is 6.04 Å². The van der Waals surface area contributed by atoms with Gasteiger partial charge in [-0.25, -0.2) is 0 Å². The molecule has 1 aromatic carbocycles. The van der Waals surface area contributed by atoms with Crippen LogP contribution in [0.25, 0.3) is 0 Å². The quantitative estimate of drug-likeness (QED) is 0.766. The molecule has 0 aliphatic heterocycles. The van der Waals surface area contributed by atoms with E-state index in [9.17, 15) is 0 Å². The molecule has 0 aromatic heterocycles. The summed E-state index contributed by atoms with van der Waals surface area (Å²) in [5, 5.41) is 3.62. The Labute approximate surface area is 108 Å². The number of nitrogens with one attached hydrogen (secondary N) is 1. The third kappa shape index (κ3) is 4.67. The van der Waals surface area contributed by atoms with Crippen molar-refractivity contribution >= 4 is 15.9 Å². The van der Waals surface area contributed by atoms with E-state index in [2.05, 4.69) is 59.4 Å². The molecule has 16 heavy (non-hydrogen) atoms. The van der Waals surface area contributed by atoms with E-state index in [4.69, 9.17) is 0 Å². The van der Waals surface area contributed by atoms with E-state index >= 15 is 0 Å². The normalized spacial score (nSPS) is 12.7. The van der Waals surface area contributed by atoms with Gasteiger partial charge in [-0.05, 0) is 37.1 Å². The van der Waals surface area contributed by atoms with Crippen molar-refractivity contribution in [1.82, 2.24) is 5.32 Å². The van der Waals surface area contributed by atoms with Crippen LogP contribution in [0.5, 0.6) is 0 Å². The molecule has 1 unspecified atom stereocenters. The van der Waals surface area contributed by atoms with Gasteiger partial charge in [0.25, 0.3) is 0 Å². The minimum Gasteiger partial charge on any atom is -0.310 e. The molecule has 0 saturated heterocycles. The SMILES string of the molecule is CCCCC(NCCC)c1ccc(Br)cc1. The van der Waals surface area contributed by atoms with Gasteiger partial charge < -0.3 is 5.32 Å². The van der Waals surface area contributed by atoms with Gasteiger partial charge in [-0.2, -0.15) is 0 Å². The highest BCUT2D eigenvalue weighted by Crippen LogP contribution is 2.21. The van der Waals surface area contributed by atoms with Gasteiger partial charge in [0.2, 0.25) is 0 Å². The lowest BCUT2D eigenvalue weighted by Gasteiger charge is -2.18. The fraction of sp³-hybridized carbons (Fsp3) is 0.571. The van der Waals surface area contributed by atoms with Crippen molar-refractivity contribution in [2.24, 2.45) is 0 Å². The van der Waals surface area contributed by atoms with Gasteiger partial charge >= 0.3 is 0 Å². The lowest BCUT2D eigenvalue weighted by Crippen LogP contribution is -2.22. The van der Waals surface area contributed by atoms with Gasteiger partial charge in [-0.3, -0.25) is 0 Å². The standard InChI is InChI=1S/C14H22BrN/c1-3-5-6-14(16-11-4-2)12-7-9-13(15)10-8-12/h7-10,14,16H,3-6,11H2,1-2H3. The third-order valence-electron chi connectivity index (χ3n) is 2.76. The third-order valence-corrected chi connectivity index (χ3v) is 3.29. The average molecular weight is 284 g/mol. The number of rotatable bonds is 7. The molecule has 0 aliphatic rings. The molecular formula is C14H22BrN. The smallest absolute Gasteiger partial charge is 0.0320 e. The van der Waals surface area contributed by atoms with Crippen LogP contribution in [0.1, 0.15) is 51.1 Å². The van der Waals surface area contributed by atoms with Crippen molar-refractivity contribution in [2.75, 3.05) is 6.54 Å². The Balaban J connectivity index is 2.62. The van der Waals surface area contributed by atoms with Gasteiger partial charge in [0.15, 0.2) is 0 Å². The summed E-state index contributed by atoms with van der Waals surface area (Å²) in [7, 11) is 0. The second-order valence-electron chi connectivity index (χ2n) is 4.20. The Bertz CT molecular complexity index is 273. The van der Waals surface area contributed by atoms with Crippen LogP contribution in [0.15, 0.2) is 28.7 Å². The van der Waals surface area contributed by atoms with Gasteiger partial charge in [0.1, 0.15) is 0 Å². The van der Waals surface area contributed by atoms with Crippen LogP contribution in [-0.4, -0.2) is 6.54 Å². The monoisotopic (exact) mass is 283 g/mol. The first-order chi connectivity index (χ1) is 7.77. The maximum Gasteiger partial charge on any atom is 0.0320 e. The molecule has 0 saturated carbocycles. The van der Waals surface area contributed by atoms with E-state index in [-0.39, 0.29) is 0 Å². The first kappa shape index (κ1) is 13.7. The van der Waals surface area contributed by atoms with Crippen molar-refractivity contribution in [3.05, 3.63) is 34.3 Å². The largest absolute Gasteiger partial charge is 0.310 e. The molecular weight excluding hydrogens is 262 g/mol. The van der Waals surface area contributed by atoms with Crippen molar-refractivity contribution < 1.29 is 0 Å². The van der Waals surface area contributed by atoms with E-state index in [1.165, 1.54) is 31.2 Å². The van der Waals surface area contributed by atoms with E-state index in [1.807, 2.05) is 0 Å². The highest BCUT2D eigenvalue weighted by molar-refractivity contribution is 9.10. The maximum absolute atomic E-state index is 3.62. The summed E-state index contributed by atoms with van der Waals surface area (Å²) in [6.07, 6.45) is 4.98. The number of hydrogen-bond donors (Lipinski definition) is 1. The fourth-order valence-electron chi connectivity index (χ4n) is 1.81. The molecule has 1 rings (SSSR count). The molecule has 90 valence electrons. The van der Waals surface area contributed by atoms with Crippen LogP contribution in [0.2, 0.25) is 0 Å². The van der Waals surface area contributed by atoms with Crippen molar-refractivity contribution in [1.29, 1.82) is 0 Å². The molecule has 0 heterocycles. The highest BCUT2D eigenvalue weighted by Gasteiger charge is 2.09. The summed E-state index contributed by atoms with van der Waals surface area (Å²) in [6.45, 7) is 5.56. The van der Waals surface area contributed by atoms with Gasteiger partial charge in [0, 0.05) is 10.5 Å². The fourth-order valence-corrected chi connectivity index (χ4v) is 2.07. The summed E-state index contributed by atoms with van der Waals surface area (Å²) in [6, 6.07) is 9.21. The number of unbranched alkanes of at least 4 members (excludes halogenated alkanes) is 1. The molecule has 2 heteroatoms. The van der Waals surface area contributed by atoms with E-state index in [0.717, 1.165) is 11.0 Å². The van der Waals surface area contributed by atoms with E-state index < -0.39 is 0 Å². The molecule has 0 spiro atoms. The molecule has 1 N–H and O–H groups in total. The molecule has 0 fully saturated rings. The molecule has 1 atom stereocenters. The van der Waals surface area contributed by atoms with Crippen LogP contribution in [0.4, 0.5) is 0 Å². The molecule has 0 radical (unpaired) electrons. The minimum atomic E-state index is 0.521. The second-order valence-corrected chi connectivity index (χ2v) is 5.12. The molecule has 1 aromatic rings. The molecule has 1 nitrogen and oxygen atoms in total. The van der Waals surface area contributed by atoms with E-state index in [1.54, 1.807) is 0 Å². The summed E-state index contributed by atoms with van der Waals surface area (Å²) < 4.78 is 1.15. The van der Waals surface area contributed by atoms with Crippen LogP contribution in [0, 0.1) is 0 Å². The topological polar surface area (TPSA) is 12.0 Å². The van der Waals surface area contributed by atoms with Crippen LogP contribution in [-0.2, 0) is 0 Å². The van der Waals surface area contributed by atoms with Crippen LogP contribution < -0.4 is 5.32 Å². The van der Waals surface area contributed by atoms with Gasteiger partial charge in [-0.15, -0.1) is 0 Å². The lowest BCUT2D eigenvalue weighted by atomic mass is 10.0. The zero-order valence-corrected chi connectivity index (χ0v) is 11.9. The highest BCUT2D eigenvalue weighted by atomic mass is 79.9. The van der Waals surface area contributed by atoms with Crippen LogP contribution >= 0.6 is 15.9 Å². The minimum absolute atomic E-state index is 0.521.